The summed E-state index contributed by atoms with van der Waals surface area (Å²) in [6.45, 7) is 0. The zero-order chi connectivity index (χ0) is 22.2. The van der Waals surface area contributed by atoms with E-state index >= 15 is 0 Å². The molecule has 156 valence electrons. The van der Waals surface area contributed by atoms with Gasteiger partial charge in [0.15, 0.2) is 0 Å². The minimum atomic E-state index is -0.998. The highest BCUT2D eigenvalue weighted by Crippen LogP contribution is 2.41. The van der Waals surface area contributed by atoms with Gasteiger partial charge in [-0.15, -0.1) is 22.7 Å². The monoisotopic (exact) mass is 457 g/mol. The molecule has 0 aliphatic carbocycles. The van der Waals surface area contributed by atoms with Gasteiger partial charge < -0.3 is 10.2 Å². The molecule has 2 aromatic heterocycles. The number of carbonyl (C=O) groups is 2. The van der Waals surface area contributed by atoms with E-state index in [0.717, 1.165) is 38.1 Å². The summed E-state index contributed by atoms with van der Waals surface area (Å²) >= 11 is 2.47. The van der Waals surface area contributed by atoms with Crippen molar-refractivity contribution in [3.8, 4) is 27.4 Å². The molecule has 3 aromatic carbocycles. The smallest absolute Gasteiger partial charge is 0.347 e. The lowest BCUT2D eigenvalue weighted by molar-refractivity contribution is 0.0701. The van der Waals surface area contributed by atoms with Crippen molar-refractivity contribution in [2.24, 2.45) is 0 Å². The Balaban J connectivity index is 1.62. The first kappa shape index (κ1) is 20.1. The van der Waals surface area contributed by atoms with Crippen LogP contribution in [0, 0.1) is 0 Å². The number of carboxylic acid groups (broad SMARTS) is 1. The van der Waals surface area contributed by atoms with Gasteiger partial charge in [0.1, 0.15) is 15.6 Å². The second kappa shape index (κ2) is 8.03. The van der Waals surface area contributed by atoms with Gasteiger partial charge in [-0.2, -0.15) is 0 Å². The molecule has 0 spiro atoms. The van der Waals surface area contributed by atoms with Crippen LogP contribution >= 0.6 is 22.7 Å². The van der Waals surface area contributed by atoms with E-state index in [1.807, 2.05) is 48.5 Å². The molecule has 0 radical (unpaired) electrons. The Morgan fingerprint density at radius 1 is 0.844 bits per heavy atom. The van der Waals surface area contributed by atoms with Crippen LogP contribution < -0.4 is 0 Å². The van der Waals surface area contributed by atoms with Crippen molar-refractivity contribution in [2.45, 2.75) is 0 Å². The molecule has 0 unspecified atom stereocenters. The van der Waals surface area contributed by atoms with Crippen LogP contribution in [-0.2, 0) is 0 Å². The number of aromatic carboxylic acids is 1. The van der Waals surface area contributed by atoms with E-state index in [4.69, 9.17) is 5.11 Å². The number of phenolic OH excluding ortho intramolecular Hbond substituents is 1. The Kier molecular flexibility index (Phi) is 5.05. The van der Waals surface area contributed by atoms with Gasteiger partial charge in [0, 0.05) is 26.8 Å². The molecule has 0 aliphatic heterocycles. The van der Waals surface area contributed by atoms with Crippen LogP contribution in [0.2, 0.25) is 0 Å². The van der Waals surface area contributed by atoms with E-state index in [9.17, 15) is 14.7 Å². The maximum atomic E-state index is 13.3. The number of hydrogen-bond donors (Lipinski definition) is 2. The fourth-order valence-corrected chi connectivity index (χ4v) is 5.52. The number of rotatable bonds is 5. The normalized spacial score (nSPS) is 11.0. The maximum absolute atomic E-state index is 13.3. The fraction of sp³-hybridized carbons (Fsp3) is 0. The summed E-state index contributed by atoms with van der Waals surface area (Å²) in [7, 11) is 0. The Morgan fingerprint density at radius 2 is 1.56 bits per heavy atom. The highest BCUT2D eigenvalue weighted by atomic mass is 32.1. The van der Waals surface area contributed by atoms with Crippen molar-refractivity contribution >= 4 is 44.5 Å². The molecule has 5 nitrogen and oxygen atoms in total. The average molecular weight is 458 g/mol. The van der Waals surface area contributed by atoms with Crippen molar-refractivity contribution < 1.29 is 19.8 Å². The summed E-state index contributed by atoms with van der Waals surface area (Å²) in [6, 6.07) is 21.8. The van der Waals surface area contributed by atoms with E-state index in [1.165, 1.54) is 17.5 Å². The molecule has 32 heavy (non-hydrogen) atoms. The lowest BCUT2D eigenvalue weighted by Gasteiger charge is -2.06. The fourth-order valence-electron chi connectivity index (χ4n) is 3.54. The molecule has 0 aliphatic rings. The number of carbonyl (C=O) groups excluding carboxylic acids is 1. The summed E-state index contributed by atoms with van der Waals surface area (Å²) in [5.41, 5.74) is 3.08. The summed E-state index contributed by atoms with van der Waals surface area (Å²) in [5, 5.41) is 20.6. The molecule has 7 heteroatoms. The third kappa shape index (κ3) is 3.57. The van der Waals surface area contributed by atoms with Crippen LogP contribution in [0.15, 0.2) is 79.0 Å². The van der Waals surface area contributed by atoms with Crippen molar-refractivity contribution in [2.75, 3.05) is 0 Å². The first-order valence-corrected chi connectivity index (χ1v) is 11.3. The summed E-state index contributed by atoms with van der Waals surface area (Å²) < 4.78 is 0.828. The second-order valence-corrected chi connectivity index (χ2v) is 9.18. The van der Waals surface area contributed by atoms with Crippen LogP contribution in [-0.4, -0.2) is 26.9 Å². The number of aromatic hydroxyl groups is 1. The van der Waals surface area contributed by atoms with Gasteiger partial charge in [-0.3, -0.25) is 4.79 Å². The standard InChI is InChI=1S/C25H15NO4S2/c27-17-10-11-18-19(12-17)31-23(22(28)15-4-2-1-3-5-15)21(18)14-6-8-16(9-7-14)24-26-13-20(32-24)25(29)30/h1-13,27H,(H,29,30). The number of ketones is 1. The molecular weight excluding hydrogens is 442 g/mol. The van der Waals surface area contributed by atoms with Gasteiger partial charge in [0.05, 0.1) is 11.1 Å². The van der Waals surface area contributed by atoms with Crippen LogP contribution in [0.1, 0.15) is 24.9 Å². The minimum absolute atomic E-state index is 0.0728. The van der Waals surface area contributed by atoms with Crippen LogP contribution in [0.4, 0.5) is 0 Å². The van der Waals surface area contributed by atoms with Gasteiger partial charge in [-0.25, -0.2) is 9.78 Å². The Hall–Kier alpha value is -3.81. The lowest BCUT2D eigenvalue weighted by atomic mass is 9.97. The second-order valence-electron chi connectivity index (χ2n) is 7.09. The third-order valence-electron chi connectivity index (χ3n) is 5.05. The zero-order valence-electron chi connectivity index (χ0n) is 16.5. The first-order valence-electron chi connectivity index (χ1n) is 9.66. The number of aromatic nitrogens is 1. The van der Waals surface area contributed by atoms with E-state index in [-0.39, 0.29) is 16.4 Å². The number of fused-ring (bicyclic) bond motifs is 1. The SMILES string of the molecule is O=C(O)c1cnc(-c2ccc(-c3c(C(=O)c4ccccc4)sc4cc(O)ccc34)cc2)s1. The predicted molar refractivity (Wildman–Crippen MR) is 127 cm³/mol. The zero-order valence-corrected chi connectivity index (χ0v) is 18.1. The summed E-state index contributed by atoms with van der Waals surface area (Å²) in [6.07, 6.45) is 1.35. The molecule has 0 amide bonds. The van der Waals surface area contributed by atoms with Gasteiger partial charge in [0.25, 0.3) is 0 Å². The van der Waals surface area contributed by atoms with Crippen LogP contribution in [0.5, 0.6) is 5.75 Å². The Bertz CT molecular complexity index is 1470. The van der Waals surface area contributed by atoms with Gasteiger partial charge in [-0.05, 0) is 23.8 Å². The maximum Gasteiger partial charge on any atom is 0.347 e. The molecule has 0 saturated carbocycles. The third-order valence-corrected chi connectivity index (χ3v) is 7.24. The topological polar surface area (TPSA) is 87.5 Å². The number of benzene rings is 3. The molecule has 0 saturated heterocycles. The molecule has 2 heterocycles. The minimum Gasteiger partial charge on any atom is -0.508 e. The summed E-state index contributed by atoms with van der Waals surface area (Å²) in [4.78, 5) is 29.5. The number of phenols is 1. The Labute approximate surface area is 190 Å². The van der Waals surface area contributed by atoms with E-state index in [1.54, 1.807) is 24.3 Å². The molecule has 5 rings (SSSR count). The van der Waals surface area contributed by atoms with E-state index < -0.39 is 5.97 Å². The van der Waals surface area contributed by atoms with Crippen LogP contribution in [0.3, 0.4) is 0 Å². The predicted octanol–water partition coefficient (Wildman–Crippen LogP) is 6.33. The van der Waals surface area contributed by atoms with Crippen molar-refractivity contribution in [1.29, 1.82) is 0 Å². The number of carboxylic acids is 1. The van der Waals surface area contributed by atoms with Crippen molar-refractivity contribution in [1.82, 2.24) is 4.98 Å². The highest BCUT2D eigenvalue weighted by Gasteiger charge is 2.21. The van der Waals surface area contributed by atoms with Crippen molar-refractivity contribution in [3.63, 3.8) is 0 Å². The largest absolute Gasteiger partial charge is 0.508 e. The molecule has 0 bridgehead atoms. The molecule has 0 fully saturated rings. The van der Waals surface area contributed by atoms with Crippen LogP contribution in [0.25, 0.3) is 31.8 Å². The van der Waals surface area contributed by atoms with Gasteiger partial charge in [-0.1, -0.05) is 54.6 Å². The first-order chi connectivity index (χ1) is 15.5. The van der Waals surface area contributed by atoms with E-state index in [2.05, 4.69) is 4.98 Å². The van der Waals surface area contributed by atoms with Crippen molar-refractivity contribution in [3.05, 3.63) is 94.3 Å². The number of nitrogens with zero attached hydrogens (tertiary/aromatic N) is 1. The quantitative estimate of drug-likeness (QED) is 0.301. The van der Waals surface area contributed by atoms with E-state index in [0.29, 0.717) is 15.4 Å². The Morgan fingerprint density at radius 3 is 2.25 bits per heavy atom. The molecular formula is C25H15NO4S2. The van der Waals surface area contributed by atoms with Gasteiger partial charge in [0.2, 0.25) is 5.78 Å². The summed E-state index contributed by atoms with van der Waals surface area (Å²) in [5.74, 6) is -0.920. The molecule has 2 N–H and O–H groups in total. The number of hydrogen-bond acceptors (Lipinski definition) is 6. The molecule has 5 aromatic rings. The highest BCUT2D eigenvalue weighted by molar-refractivity contribution is 7.21. The number of thiazole rings is 1. The number of thiophene rings is 1. The molecule has 0 atom stereocenters. The van der Waals surface area contributed by atoms with Gasteiger partial charge >= 0.3 is 5.97 Å². The average Bonchev–Trinajstić information content (AvgIpc) is 3.44. The lowest BCUT2D eigenvalue weighted by Crippen LogP contribution is -2.00.